The zero-order valence-corrected chi connectivity index (χ0v) is 12.5. The Balaban J connectivity index is 2.91. The number of carbonyl (C=O) groups is 1. The highest BCUT2D eigenvalue weighted by molar-refractivity contribution is 5.69. The number of halogens is 3. The number of hydrogen-bond donors (Lipinski definition) is 1. The lowest BCUT2D eigenvalue weighted by Gasteiger charge is -2.48. The van der Waals surface area contributed by atoms with Crippen LogP contribution in [-0.4, -0.2) is 41.3 Å². The molecular weight excluding hydrogens is 271 g/mol. The zero-order valence-electron chi connectivity index (χ0n) is 12.5. The molecule has 1 rings (SSSR count). The van der Waals surface area contributed by atoms with Crippen molar-refractivity contribution in [2.45, 2.75) is 59.2 Å². The summed E-state index contributed by atoms with van der Waals surface area (Å²) in [6, 6.07) is -0.341. The average molecular weight is 295 g/mol. The predicted octanol–water partition coefficient (Wildman–Crippen LogP) is 3.54. The summed E-state index contributed by atoms with van der Waals surface area (Å²) in [4.78, 5) is 11.9. The van der Waals surface area contributed by atoms with Gasteiger partial charge in [0.25, 0.3) is 0 Å². The summed E-state index contributed by atoms with van der Waals surface area (Å²) in [5, 5.41) is 8.86. The third kappa shape index (κ3) is 5.69. The van der Waals surface area contributed by atoms with E-state index in [1.807, 2.05) is 27.7 Å². The van der Waals surface area contributed by atoms with Crippen LogP contribution in [0.1, 0.15) is 47.0 Å². The van der Waals surface area contributed by atoms with E-state index in [-0.39, 0.29) is 16.9 Å². The molecular formula is C14H24F3NO2. The molecule has 0 amide bonds. The van der Waals surface area contributed by atoms with Gasteiger partial charge in [0.1, 0.15) is 0 Å². The van der Waals surface area contributed by atoms with Gasteiger partial charge in [-0.1, -0.05) is 27.7 Å². The Hall–Kier alpha value is -0.780. The topological polar surface area (TPSA) is 40.5 Å². The molecule has 1 N–H and O–H groups in total. The summed E-state index contributed by atoms with van der Waals surface area (Å²) >= 11 is 0. The summed E-state index contributed by atoms with van der Waals surface area (Å²) in [5.41, 5.74) is -0.149. The van der Waals surface area contributed by atoms with Crippen molar-refractivity contribution in [2.24, 2.45) is 10.8 Å². The van der Waals surface area contributed by atoms with Crippen molar-refractivity contribution in [1.82, 2.24) is 4.90 Å². The Morgan fingerprint density at radius 3 is 2.00 bits per heavy atom. The molecule has 0 aliphatic heterocycles. The van der Waals surface area contributed by atoms with E-state index in [0.717, 1.165) is 11.3 Å². The molecule has 20 heavy (non-hydrogen) atoms. The zero-order chi connectivity index (χ0) is 15.8. The summed E-state index contributed by atoms with van der Waals surface area (Å²) < 4.78 is 38.0. The third-order valence-electron chi connectivity index (χ3n) is 3.77. The van der Waals surface area contributed by atoms with E-state index in [1.165, 1.54) is 0 Å². The van der Waals surface area contributed by atoms with Crippen molar-refractivity contribution in [1.29, 1.82) is 0 Å². The van der Waals surface area contributed by atoms with Crippen LogP contribution < -0.4 is 0 Å². The van der Waals surface area contributed by atoms with Crippen LogP contribution in [0.5, 0.6) is 0 Å². The fraction of sp³-hybridized carbons (Fsp3) is 0.929. The van der Waals surface area contributed by atoms with E-state index < -0.39 is 25.2 Å². The summed E-state index contributed by atoms with van der Waals surface area (Å²) in [6.07, 6.45) is -2.25. The Bertz CT molecular complexity index is 348. The molecule has 3 nitrogen and oxygen atoms in total. The predicted molar refractivity (Wildman–Crippen MR) is 70.5 cm³/mol. The highest BCUT2D eigenvalue weighted by Crippen LogP contribution is 2.47. The molecule has 118 valence electrons. The number of rotatable bonds is 4. The SMILES string of the molecule is CC1(C)CC(N(CC(=O)O)CC(F)(F)F)CC(C)(C)C1. The van der Waals surface area contributed by atoms with Gasteiger partial charge in [-0.25, -0.2) is 0 Å². The number of aliphatic carboxylic acids is 1. The van der Waals surface area contributed by atoms with Crippen LogP contribution in [0, 0.1) is 10.8 Å². The molecule has 0 atom stereocenters. The molecule has 0 aromatic heterocycles. The summed E-state index contributed by atoms with van der Waals surface area (Å²) in [6.45, 7) is 6.42. The average Bonchev–Trinajstić information content (AvgIpc) is 2.07. The maximum atomic E-state index is 12.7. The van der Waals surface area contributed by atoms with Gasteiger partial charge in [-0.15, -0.1) is 0 Å². The van der Waals surface area contributed by atoms with Crippen molar-refractivity contribution in [3.05, 3.63) is 0 Å². The number of carboxylic acids is 1. The largest absolute Gasteiger partial charge is 0.480 e. The first-order valence-electron chi connectivity index (χ1n) is 6.82. The molecule has 1 fully saturated rings. The van der Waals surface area contributed by atoms with Crippen molar-refractivity contribution >= 4 is 5.97 Å². The van der Waals surface area contributed by atoms with E-state index in [9.17, 15) is 18.0 Å². The van der Waals surface area contributed by atoms with Crippen LogP contribution in [0.3, 0.4) is 0 Å². The molecule has 0 unspecified atom stereocenters. The second-order valence-corrected chi connectivity index (χ2v) is 7.48. The standard InChI is InChI=1S/C14H24F3NO2/c1-12(2)5-10(6-13(3,4)8-12)18(7-11(19)20)9-14(15,16)17/h10H,5-9H2,1-4H3,(H,19,20). The highest BCUT2D eigenvalue weighted by atomic mass is 19.4. The summed E-state index contributed by atoms with van der Waals surface area (Å²) in [7, 11) is 0. The Kier molecular flexibility index (Phi) is 4.79. The van der Waals surface area contributed by atoms with E-state index in [0.29, 0.717) is 12.8 Å². The maximum absolute atomic E-state index is 12.7. The number of hydrogen-bond acceptors (Lipinski definition) is 2. The van der Waals surface area contributed by atoms with Crippen LogP contribution in [0.15, 0.2) is 0 Å². The first-order valence-corrected chi connectivity index (χ1v) is 6.82. The van der Waals surface area contributed by atoms with Gasteiger partial charge in [-0.2, -0.15) is 13.2 Å². The lowest BCUT2D eigenvalue weighted by molar-refractivity contribution is -0.163. The molecule has 1 aliphatic carbocycles. The normalized spacial score (nSPS) is 23.0. The molecule has 0 spiro atoms. The highest BCUT2D eigenvalue weighted by Gasteiger charge is 2.43. The molecule has 6 heteroatoms. The Morgan fingerprint density at radius 1 is 1.20 bits per heavy atom. The number of nitrogens with zero attached hydrogens (tertiary/aromatic N) is 1. The molecule has 0 saturated heterocycles. The fourth-order valence-corrected chi connectivity index (χ4v) is 3.76. The molecule has 1 saturated carbocycles. The van der Waals surface area contributed by atoms with Crippen molar-refractivity contribution < 1.29 is 23.1 Å². The Morgan fingerprint density at radius 2 is 1.65 bits per heavy atom. The first kappa shape index (κ1) is 17.3. The fourth-order valence-electron chi connectivity index (χ4n) is 3.76. The van der Waals surface area contributed by atoms with Crippen LogP contribution in [0.2, 0.25) is 0 Å². The minimum atomic E-state index is -4.37. The van der Waals surface area contributed by atoms with Crippen LogP contribution in [-0.2, 0) is 4.79 Å². The van der Waals surface area contributed by atoms with Gasteiger partial charge in [-0.05, 0) is 30.1 Å². The van der Waals surface area contributed by atoms with Crippen LogP contribution >= 0.6 is 0 Å². The lowest BCUT2D eigenvalue weighted by atomic mass is 9.63. The number of carboxylic acid groups (broad SMARTS) is 1. The van der Waals surface area contributed by atoms with Crippen molar-refractivity contribution in [3.8, 4) is 0 Å². The molecule has 0 aromatic carbocycles. The van der Waals surface area contributed by atoms with Gasteiger partial charge in [0.15, 0.2) is 0 Å². The molecule has 0 bridgehead atoms. The maximum Gasteiger partial charge on any atom is 0.401 e. The smallest absolute Gasteiger partial charge is 0.401 e. The third-order valence-corrected chi connectivity index (χ3v) is 3.77. The van der Waals surface area contributed by atoms with E-state index in [2.05, 4.69) is 0 Å². The van der Waals surface area contributed by atoms with E-state index in [4.69, 9.17) is 5.11 Å². The van der Waals surface area contributed by atoms with Gasteiger partial charge in [0, 0.05) is 6.04 Å². The van der Waals surface area contributed by atoms with Gasteiger partial charge >= 0.3 is 12.1 Å². The van der Waals surface area contributed by atoms with Crippen LogP contribution in [0.25, 0.3) is 0 Å². The number of alkyl halides is 3. The Labute approximate surface area is 118 Å². The lowest BCUT2D eigenvalue weighted by Crippen LogP contribution is -2.50. The van der Waals surface area contributed by atoms with Crippen molar-refractivity contribution in [2.75, 3.05) is 13.1 Å². The van der Waals surface area contributed by atoms with Gasteiger partial charge < -0.3 is 5.11 Å². The first-order chi connectivity index (χ1) is 8.80. The minimum absolute atomic E-state index is 0.0746. The monoisotopic (exact) mass is 295 g/mol. The van der Waals surface area contributed by atoms with Crippen molar-refractivity contribution in [3.63, 3.8) is 0 Å². The molecule has 1 aliphatic rings. The molecule has 0 radical (unpaired) electrons. The molecule has 0 aromatic rings. The van der Waals surface area contributed by atoms with Gasteiger partial charge in [-0.3, -0.25) is 9.69 Å². The quantitative estimate of drug-likeness (QED) is 0.862. The summed E-state index contributed by atoms with van der Waals surface area (Å²) in [5.74, 6) is -1.21. The van der Waals surface area contributed by atoms with Gasteiger partial charge in [0.2, 0.25) is 0 Å². The van der Waals surface area contributed by atoms with Crippen LogP contribution in [0.4, 0.5) is 13.2 Å². The second-order valence-electron chi connectivity index (χ2n) is 7.48. The van der Waals surface area contributed by atoms with E-state index >= 15 is 0 Å². The molecule has 0 heterocycles. The second kappa shape index (κ2) is 5.54. The minimum Gasteiger partial charge on any atom is -0.480 e. The van der Waals surface area contributed by atoms with E-state index in [1.54, 1.807) is 0 Å². The van der Waals surface area contributed by atoms with Gasteiger partial charge in [0.05, 0.1) is 13.1 Å².